The molecule has 0 aliphatic carbocycles. The van der Waals surface area contributed by atoms with E-state index in [0.717, 1.165) is 31.7 Å². The largest absolute Gasteiger partial charge is 0.504 e. The van der Waals surface area contributed by atoms with Crippen LogP contribution in [0.2, 0.25) is 0 Å². The first-order valence-electron chi connectivity index (χ1n) is 6.76. The first-order chi connectivity index (χ1) is 9.77. The second-order valence-corrected chi connectivity index (χ2v) is 5.90. The molecule has 2 heterocycles. The van der Waals surface area contributed by atoms with E-state index in [4.69, 9.17) is 0 Å². The topological polar surface area (TPSA) is 55.7 Å². The number of nitrogens with one attached hydrogen (secondary N) is 1. The molecule has 5 heteroatoms. The Bertz CT molecular complexity index is 565. The first kappa shape index (κ1) is 13.4. The molecular formula is C15H18N2O2S. The van der Waals surface area contributed by atoms with Gasteiger partial charge in [-0.25, -0.2) is 0 Å². The van der Waals surface area contributed by atoms with Crippen LogP contribution in [0.4, 0.5) is 0 Å². The zero-order chi connectivity index (χ0) is 13.9. The van der Waals surface area contributed by atoms with Crippen molar-refractivity contribution in [3.05, 3.63) is 46.2 Å². The summed E-state index contributed by atoms with van der Waals surface area (Å²) in [5.41, 5.74) is 0.773. The van der Waals surface area contributed by atoms with Gasteiger partial charge in [-0.1, -0.05) is 18.2 Å². The number of rotatable bonds is 3. The summed E-state index contributed by atoms with van der Waals surface area (Å²) < 4.78 is 0. The van der Waals surface area contributed by atoms with E-state index >= 15 is 0 Å². The molecule has 0 unspecified atom stereocenters. The molecule has 0 spiro atoms. The highest BCUT2D eigenvalue weighted by atomic mass is 32.1. The maximum atomic E-state index is 10.2. The zero-order valence-electron chi connectivity index (χ0n) is 11.1. The van der Waals surface area contributed by atoms with Gasteiger partial charge in [-0.3, -0.25) is 4.90 Å². The van der Waals surface area contributed by atoms with E-state index in [1.165, 1.54) is 10.9 Å². The van der Waals surface area contributed by atoms with Crippen LogP contribution < -0.4 is 5.32 Å². The quantitative estimate of drug-likeness (QED) is 0.758. The van der Waals surface area contributed by atoms with Crippen LogP contribution in [0.1, 0.15) is 16.5 Å². The highest BCUT2D eigenvalue weighted by Crippen LogP contribution is 2.40. The standard InChI is InChI=1S/C15H18N2O2S/c18-12-4-1-3-11(15(12)19)14(13-5-2-10-20-13)17-8-6-16-7-9-17/h1-5,10,14,16,18-19H,6-9H2/t14-/m1/s1. The van der Waals surface area contributed by atoms with E-state index in [1.807, 2.05) is 17.5 Å². The van der Waals surface area contributed by atoms with Crippen molar-refractivity contribution < 1.29 is 10.2 Å². The summed E-state index contributed by atoms with van der Waals surface area (Å²) in [4.78, 5) is 3.53. The number of phenolic OH excluding ortho intramolecular Hbond substituents is 2. The van der Waals surface area contributed by atoms with Gasteiger partial charge in [-0.2, -0.15) is 0 Å². The molecule has 20 heavy (non-hydrogen) atoms. The molecule has 0 saturated carbocycles. The number of piperazine rings is 1. The Morgan fingerprint density at radius 2 is 1.90 bits per heavy atom. The second-order valence-electron chi connectivity index (χ2n) is 4.92. The van der Waals surface area contributed by atoms with Gasteiger partial charge in [0.2, 0.25) is 0 Å². The number of hydrogen-bond acceptors (Lipinski definition) is 5. The predicted molar refractivity (Wildman–Crippen MR) is 80.4 cm³/mol. The molecule has 2 aromatic rings. The number of phenols is 2. The van der Waals surface area contributed by atoms with E-state index in [-0.39, 0.29) is 17.5 Å². The molecular weight excluding hydrogens is 272 g/mol. The minimum absolute atomic E-state index is 0.00389. The van der Waals surface area contributed by atoms with Crippen LogP contribution in [0.15, 0.2) is 35.7 Å². The van der Waals surface area contributed by atoms with Gasteiger partial charge in [-0.15, -0.1) is 11.3 Å². The summed E-state index contributed by atoms with van der Waals surface area (Å²) in [7, 11) is 0. The van der Waals surface area contributed by atoms with E-state index < -0.39 is 0 Å². The summed E-state index contributed by atoms with van der Waals surface area (Å²) in [6, 6.07) is 9.30. The summed E-state index contributed by atoms with van der Waals surface area (Å²) in [6.07, 6.45) is 0. The molecule has 3 rings (SSSR count). The molecule has 0 radical (unpaired) electrons. The van der Waals surface area contributed by atoms with Crippen molar-refractivity contribution in [1.82, 2.24) is 10.2 Å². The van der Waals surface area contributed by atoms with Crippen molar-refractivity contribution >= 4 is 11.3 Å². The highest BCUT2D eigenvalue weighted by Gasteiger charge is 2.27. The number of thiophene rings is 1. The third-order valence-electron chi connectivity index (χ3n) is 3.67. The van der Waals surface area contributed by atoms with Gasteiger partial charge in [0, 0.05) is 36.6 Å². The van der Waals surface area contributed by atoms with E-state index in [0.29, 0.717) is 0 Å². The predicted octanol–water partition coefficient (Wildman–Crippen LogP) is 2.15. The van der Waals surface area contributed by atoms with Gasteiger partial charge < -0.3 is 15.5 Å². The van der Waals surface area contributed by atoms with E-state index in [9.17, 15) is 10.2 Å². The van der Waals surface area contributed by atoms with E-state index in [1.54, 1.807) is 17.4 Å². The smallest absolute Gasteiger partial charge is 0.162 e. The lowest BCUT2D eigenvalue weighted by atomic mass is 10.0. The van der Waals surface area contributed by atoms with Gasteiger partial charge in [0.25, 0.3) is 0 Å². The number of benzene rings is 1. The molecule has 1 aromatic heterocycles. The summed E-state index contributed by atoms with van der Waals surface area (Å²) >= 11 is 1.68. The van der Waals surface area contributed by atoms with Crippen LogP contribution in [0.3, 0.4) is 0 Å². The lowest BCUT2D eigenvalue weighted by molar-refractivity contribution is 0.197. The summed E-state index contributed by atoms with van der Waals surface area (Å²) in [6.45, 7) is 3.75. The van der Waals surface area contributed by atoms with Crippen molar-refractivity contribution in [3.63, 3.8) is 0 Å². The lowest BCUT2D eigenvalue weighted by Gasteiger charge is -2.35. The van der Waals surface area contributed by atoms with Crippen LogP contribution in [0.25, 0.3) is 0 Å². The molecule has 1 fully saturated rings. The van der Waals surface area contributed by atoms with Crippen molar-refractivity contribution in [2.45, 2.75) is 6.04 Å². The van der Waals surface area contributed by atoms with Gasteiger partial charge in [-0.05, 0) is 17.5 Å². The average Bonchev–Trinajstić information content (AvgIpc) is 2.99. The lowest BCUT2D eigenvalue weighted by Crippen LogP contribution is -2.45. The van der Waals surface area contributed by atoms with Gasteiger partial charge >= 0.3 is 0 Å². The molecule has 1 aliphatic heterocycles. The average molecular weight is 290 g/mol. The molecule has 1 aliphatic rings. The Labute approximate surface area is 122 Å². The maximum Gasteiger partial charge on any atom is 0.162 e. The van der Waals surface area contributed by atoms with Gasteiger partial charge in [0.15, 0.2) is 11.5 Å². The van der Waals surface area contributed by atoms with Gasteiger partial charge in [0.05, 0.1) is 6.04 Å². The maximum absolute atomic E-state index is 10.2. The molecule has 1 atom stereocenters. The third kappa shape index (κ3) is 2.52. The van der Waals surface area contributed by atoms with Crippen molar-refractivity contribution in [2.24, 2.45) is 0 Å². The SMILES string of the molecule is Oc1cccc([C@H](c2cccs2)N2CCNCC2)c1O. The van der Waals surface area contributed by atoms with Crippen LogP contribution in [0.5, 0.6) is 11.5 Å². The Hall–Kier alpha value is -1.56. The molecule has 3 N–H and O–H groups in total. The fourth-order valence-corrected chi connectivity index (χ4v) is 3.56. The number of para-hydroxylation sites is 1. The summed E-state index contributed by atoms with van der Waals surface area (Å²) in [5.74, 6) is -0.0661. The number of hydrogen-bond donors (Lipinski definition) is 3. The highest BCUT2D eigenvalue weighted by molar-refractivity contribution is 7.10. The molecule has 1 saturated heterocycles. The first-order valence-corrected chi connectivity index (χ1v) is 7.64. The van der Waals surface area contributed by atoms with E-state index in [2.05, 4.69) is 16.3 Å². The Morgan fingerprint density at radius 3 is 2.60 bits per heavy atom. The minimum Gasteiger partial charge on any atom is -0.504 e. The Balaban J connectivity index is 2.03. The van der Waals surface area contributed by atoms with Crippen LogP contribution in [0, 0.1) is 0 Å². The third-order valence-corrected chi connectivity index (χ3v) is 4.59. The zero-order valence-corrected chi connectivity index (χ0v) is 11.9. The van der Waals surface area contributed by atoms with Crippen molar-refractivity contribution in [1.29, 1.82) is 0 Å². The van der Waals surface area contributed by atoms with Crippen molar-refractivity contribution in [2.75, 3.05) is 26.2 Å². The second kappa shape index (κ2) is 5.83. The number of nitrogens with zero attached hydrogens (tertiary/aromatic N) is 1. The monoisotopic (exact) mass is 290 g/mol. The molecule has 1 aromatic carbocycles. The minimum atomic E-state index is -0.0563. The molecule has 4 nitrogen and oxygen atoms in total. The Morgan fingerprint density at radius 1 is 1.10 bits per heavy atom. The fourth-order valence-electron chi connectivity index (χ4n) is 2.69. The fraction of sp³-hybridized carbons (Fsp3) is 0.333. The van der Waals surface area contributed by atoms with Crippen molar-refractivity contribution in [3.8, 4) is 11.5 Å². The molecule has 106 valence electrons. The van der Waals surface area contributed by atoms with Crippen LogP contribution in [-0.4, -0.2) is 41.3 Å². The van der Waals surface area contributed by atoms with Crippen LogP contribution >= 0.6 is 11.3 Å². The molecule has 0 bridgehead atoms. The Kier molecular flexibility index (Phi) is 3.91. The summed E-state index contributed by atoms with van der Waals surface area (Å²) in [5, 5.41) is 25.4. The number of aromatic hydroxyl groups is 2. The van der Waals surface area contributed by atoms with Gasteiger partial charge in [0.1, 0.15) is 0 Å². The normalized spacial score (nSPS) is 18.0. The molecule has 0 amide bonds. The van der Waals surface area contributed by atoms with Crippen LogP contribution in [-0.2, 0) is 0 Å².